The number of hydrogen-bond acceptors (Lipinski definition) is 3. The van der Waals surface area contributed by atoms with Gasteiger partial charge in [0.2, 0.25) is 0 Å². The highest BCUT2D eigenvalue weighted by Crippen LogP contribution is 2.61. The van der Waals surface area contributed by atoms with E-state index in [-0.39, 0.29) is 10.8 Å². The van der Waals surface area contributed by atoms with Crippen molar-refractivity contribution >= 4 is 34.1 Å². The summed E-state index contributed by atoms with van der Waals surface area (Å²) in [5.74, 6) is 1.72. The summed E-state index contributed by atoms with van der Waals surface area (Å²) >= 11 is 0. The van der Waals surface area contributed by atoms with Crippen molar-refractivity contribution < 1.29 is 4.74 Å². The van der Waals surface area contributed by atoms with E-state index in [1.54, 1.807) is 0 Å². The van der Waals surface area contributed by atoms with Crippen molar-refractivity contribution in [2.24, 2.45) is 0 Å². The summed E-state index contributed by atoms with van der Waals surface area (Å²) in [7, 11) is 0. The molecule has 1 aliphatic carbocycles. The van der Waals surface area contributed by atoms with Gasteiger partial charge in [-0.15, -0.1) is 0 Å². The van der Waals surface area contributed by atoms with Gasteiger partial charge in [-0.2, -0.15) is 0 Å². The fraction of sp³-hybridized carbons (Fsp3) is 0.125. The Bertz CT molecular complexity index is 2510. The lowest BCUT2D eigenvalue weighted by molar-refractivity contribution is 0.471. The standard InChI is InChI=1S/C48H38N2O/c1-47(2)38-17-9-8-16-36(38)37-27-26-34(28-40(37)47)49(33-24-22-32(23-25-33)31-14-6-5-7-15-31)35-29-41-46-45(30-35)51-44-21-13-12-20-43(44)50(46)42-19-11-10-18-39(42)48(41,3)4/h5-30H,1-4H3. The van der Waals surface area contributed by atoms with Gasteiger partial charge in [-0.05, 0) is 93.0 Å². The zero-order valence-electron chi connectivity index (χ0n) is 29.3. The molecule has 0 unspecified atom stereocenters. The van der Waals surface area contributed by atoms with Crippen molar-refractivity contribution in [3.8, 4) is 33.8 Å². The quantitative estimate of drug-likeness (QED) is 0.187. The van der Waals surface area contributed by atoms with E-state index in [0.29, 0.717) is 0 Å². The van der Waals surface area contributed by atoms with Crippen LogP contribution in [0.15, 0.2) is 158 Å². The van der Waals surface area contributed by atoms with Crippen LogP contribution in [0.25, 0.3) is 22.3 Å². The van der Waals surface area contributed by atoms with Crippen molar-refractivity contribution in [1.29, 1.82) is 0 Å². The summed E-state index contributed by atoms with van der Waals surface area (Å²) in [5, 5.41) is 0. The molecule has 2 aliphatic heterocycles. The topological polar surface area (TPSA) is 15.7 Å². The van der Waals surface area contributed by atoms with E-state index in [0.717, 1.165) is 39.9 Å². The third kappa shape index (κ3) is 4.31. The normalized spacial score (nSPS) is 15.1. The van der Waals surface area contributed by atoms with Gasteiger partial charge in [0.1, 0.15) is 0 Å². The van der Waals surface area contributed by atoms with Crippen LogP contribution in [-0.2, 0) is 10.8 Å². The van der Waals surface area contributed by atoms with E-state index in [1.807, 2.05) is 0 Å². The molecule has 0 amide bonds. The summed E-state index contributed by atoms with van der Waals surface area (Å²) in [6, 6.07) is 57.3. The SMILES string of the molecule is CC1(C)c2ccccc2-c2ccc(N(c3ccc(-c4ccccc4)cc3)c3cc4c5c(c3)C(C)(C)c3ccccc3N5c3ccccc3O4)cc21. The van der Waals surface area contributed by atoms with Gasteiger partial charge in [-0.3, -0.25) is 0 Å². The van der Waals surface area contributed by atoms with Crippen LogP contribution in [0.4, 0.5) is 34.1 Å². The van der Waals surface area contributed by atoms with E-state index >= 15 is 0 Å². The minimum Gasteiger partial charge on any atom is -0.453 e. The number of benzene rings is 7. The Kier molecular flexibility index (Phi) is 6.27. The van der Waals surface area contributed by atoms with Crippen molar-refractivity contribution in [2.75, 3.05) is 9.80 Å². The Morgan fingerprint density at radius 3 is 1.82 bits per heavy atom. The lowest BCUT2D eigenvalue weighted by atomic mass is 9.73. The molecule has 0 aromatic heterocycles. The highest BCUT2D eigenvalue weighted by molar-refractivity contribution is 5.95. The van der Waals surface area contributed by atoms with Crippen LogP contribution in [0.5, 0.6) is 11.5 Å². The molecular formula is C48H38N2O. The molecule has 0 saturated carbocycles. The molecule has 0 saturated heterocycles. The zero-order valence-corrected chi connectivity index (χ0v) is 29.3. The number of ether oxygens (including phenoxy) is 1. The van der Waals surface area contributed by atoms with Crippen molar-refractivity contribution in [1.82, 2.24) is 0 Å². The second-order valence-electron chi connectivity index (χ2n) is 15.0. The highest BCUT2D eigenvalue weighted by Gasteiger charge is 2.42. The maximum absolute atomic E-state index is 6.85. The van der Waals surface area contributed by atoms with E-state index < -0.39 is 0 Å². The molecule has 0 spiro atoms. The second-order valence-corrected chi connectivity index (χ2v) is 15.0. The van der Waals surface area contributed by atoms with Gasteiger partial charge in [0.05, 0.1) is 22.7 Å². The van der Waals surface area contributed by atoms with Gasteiger partial charge in [-0.25, -0.2) is 0 Å². The fourth-order valence-corrected chi connectivity index (χ4v) is 8.78. The third-order valence-corrected chi connectivity index (χ3v) is 11.4. The molecule has 10 rings (SSSR count). The summed E-state index contributed by atoms with van der Waals surface area (Å²) < 4.78 is 6.85. The number of rotatable bonds is 4. The summed E-state index contributed by atoms with van der Waals surface area (Å²) in [4.78, 5) is 4.82. The fourth-order valence-electron chi connectivity index (χ4n) is 8.78. The van der Waals surface area contributed by atoms with E-state index in [1.165, 1.54) is 50.2 Å². The zero-order chi connectivity index (χ0) is 34.5. The van der Waals surface area contributed by atoms with Gasteiger partial charge in [-0.1, -0.05) is 131 Å². The molecule has 3 nitrogen and oxygen atoms in total. The molecule has 0 atom stereocenters. The highest BCUT2D eigenvalue weighted by atomic mass is 16.5. The van der Waals surface area contributed by atoms with Crippen molar-refractivity contribution in [3.05, 3.63) is 180 Å². The minimum atomic E-state index is -0.271. The Labute approximate surface area is 300 Å². The van der Waals surface area contributed by atoms with E-state index in [9.17, 15) is 0 Å². The number of fused-ring (bicyclic) bond motifs is 7. The first-order chi connectivity index (χ1) is 24.8. The van der Waals surface area contributed by atoms with E-state index in [2.05, 4.69) is 195 Å². The van der Waals surface area contributed by atoms with Crippen molar-refractivity contribution in [2.45, 2.75) is 38.5 Å². The predicted octanol–water partition coefficient (Wildman–Crippen LogP) is 13.3. The Morgan fingerprint density at radius 2 is 1.02 bits per heavy atom. The van der Waals surface area contributed by atoms with Crippen LogP contribution < -0.4 is 14.5 Å². The van der Waals surface area contributed by atoms with Crippen molar-refractivity contribution in [3.63, 3.8) is 0 Å². The lowest BCUT2D eigenvalue weighted by Crippen LogP contribution is -2.32. The molecule has 0 fully saturated rings. The largest absolute Gasteiger partial charge is 0.453 e. The van der Waals surface area contributed by atoms with Gasteiger partial charge < -0.3 is 14.5 Å². The van der Waals surface area contributed by atoms with Crippen LogP contribution >= 0.6 is 0 Å². The van der Waals surface area contributed by atoms with Crippen LogP contribution in [0.2, 0.25) is 0 Å². The van der Waals surface area contributed by atoms with Gasteiger partial charge in [0.25, 0.3) is 0 Å². The van der Waals surface area contributed by atoms with Crippen LogP contribution in [0.1, 0.15) is 49.9 Å². The molecule has 7 aromatic carbocycles. The first kappa shape index (κ1) is 29.8. The molecule has 51 heavy (non-hydrogen) atoms. The molecule has 2 heterocycles. The third-order valence-electron chi connectivity index (χ3n) is 11.4. The second kappa shape index (κ2) is 10.7. The van der Waals surface area contributed by atoms with Gasteiger partial charge in [0.15, 0.2) is 11.5 Å². The minimum absolute atomic E-state index is 0.119. The number of para-hydroxylation sites is 3. The maximum Gasteiger partial charge on any atom is 0.153 e. The van der Waals surface area contributed by atoms with Gasteiger partial charge in [0, 0.05) is 28.3 Å². The number of hydrogen-bond donors (Lipinski definition) is 0. The molecule has 3 aliphatic rings. The molecular weight excluding hydrogens is 621 g/mol. The Morgan fingerprint density at radius 1 is 0.431 bits per heavy atom. The molecule has 7 aromatic rings. The monoisotopic (exact) mass is 658 g/mol. The molecule has 0 N–H and O–H groups in total. The summed E-state index contributed by atoms with van der Waals surface area (Å²) in [6.45, 7) is 9.39. The molecule has 0 bridgehead atoms. The smallest absolute Gasteiger partial charge is 0.153 e. The lowest BCUT2D eigenvalue weighted by Gasteiger charge is -2.45. The first-order valence-electron chi connectivity index (χ1n) is 17.9. The van der Waals surface area contributed by atoms with Crippen LogP contribution in [0, 0.1) is 0 Å². The van der Waals surface area contributed by atoms with Gasteiger partial charge >= 0.3 is 0 Å². The average molecular weight is 659 g/mol. The molecule has 246 valence electrons. The summed E-state index contributed by atoms with van der Waals surface area (Å²) in [6.07, 6.45) is 0. The Hall–Kier alpha value is -6.06. The summed E-state index contributed by atoms with van der Waals surface area (Å²) in [5.41, 5.74) is 16.6. The predicted molar refractivity (Wildman–Crippen MR) is 211 cm³/mol. The maximum atomic E-state index is 6.85. The molecule has 0 radical (unpaired) electrons. The van der Waals surface area contributed by atoms with E-state index in [4.69, 9.17) is 4.74 Å². The Balaban J connectivity index is 1.20. The number of anilines is 6. The number of nitrogens with zero attached hydrogens (tertiary/aromatic N) is 2. The van der Waals surface area contributed by atoms with Crippen LogP contribution in [0.3, 0.4) is 0 Å². The first-order valence-corrected chi connectivity index (χ1v) is 17.9. The molecule has 3 heteroatoms. The van der Waals surface area contributed by atoms with Crippen LogP contribution in [-0.4, -0.2) is 0 Å². The average Bonchev–Trinajstić information content (AvgIpc) is 3.39.